The molecule has 11 aliphatic rings. The van der Waals surface area contributed by atoms with Crippen molar-refractivity contribution in [2.45, 2.75) is 232 Å². The highest BCUT2D eigenvalue weighted by atomic mass is 19.1. The van der Waals surface area contributed by atoms with E-state index in [0.29, 0.717) is 22.8 Å². The molecule has 0 radical (unpaired) electrons. The Labute approximate surface area is 567 Å². The third-order valence-electron chi connectivity index (χ3n) is 29.9. The Hall–Kier alpha value is -5.83. The maximum Gasteiger partial charge on any atom is 0.346 e. The number of carbonyl (C=O) groups is 8. The van der Waals surface area contributed by atoms with Crippen molar-refractivity contribution in [2.24, 2.45) is 106 Å². The van der Waals surface area contributed by atoms with Gasteiger partial charge in [0.05, 0.1) is 55.8 Å². The van der Waals surface area contributed by atoms with Crippen molar-refractivity contribution in [3.05, 3.63) is 94.1 Å². The Kier molecular flexibility index (Phi) is 18.8. The number of methoxy groups -OCH3 is 2. The number of aromatic carboxylic acids is 1. The van der Waals surface area contributed by atoms with Crippen LogP contribution in [-0.2, 0) is 33.4 Å². The van der Waals surface area contributed by atoms with Crippen LogP contribution in [0.1, 0.15) is 263 Å². The molecule has 14 nitrogen and oxygen atoms in total. The van der Waals surface area contributed by atoms with Gasteiger partial charge in [0.1, 0.15) is 0 Å². The highest BCUT2D eigenvalue weighted by Crippen LogP contribution is 2.77. The standard InChI is InChI=1S/C39H53NO6.C31H49NO3.C8H4O3.CH3F.CH4/c1-34(2)28-13-16-39(7)30(37(28,5)15-14-29(34)40-31(42)23-11-9-10-12-24(23)32(43)44)27(41)21-25-26-22-36(4,33(45)46-8)18-17-35(26,3)19-20-38(25,39)6;1-26(2)22-9-12-31(7)24(29(22,5)11-10-23(26)32)21(33)17-19-20-18-28(4,25(34)35-8)14-13-27(20,3)15-16-30(19,31)6;9-7-5-3-1-2-4-6(5)8(10)11-7;1-2;/h9-12,21,26,28-30H,13-20,22H2,1-8H3,(H,40,42)(H,43,44);17,20,22-24H,9-16,18,32H2,1-8H3;1-4H;1H3;1H4/t26?,28-,29?,30+,35+,36-,37-,38+,39+;20?,22-,23?,24+,27+,28-,29-,30+,31+;;;/m00.../s1/i;;;1D;. The lowest BCUT2D eigenvalue weighted by molar-refractivity contribution is -0.189. The molecule has 0 spiro atoms. The highest BCUT2D eigenvalue weighted by molar-refractivity contribution is 6.14. The zero-order chi connectivity index (χ0) is 70.0. The number of fused-ring (bicyclic) bond motifs is 15. The molecule has 0 bridgehead atoms. The Morgan fingerprint density at radius 1 is 0.558 bits per heavy atom. The highest BCUT2D eigenvalue weighted by Gasteiger charge is 2.73. The largest absolute Gasteiger partial charge is 0.478 e. The minimum Gasteiger partial charge on any atom is -0.478 e. The normalized spacial score (nSPS) is 42.0. The number of carbonyl (C=O) groups excluding carboxylic acids is 7. The number of nitrogens with one attached hydrogen (secondary N) is 1. The molecule has 10 aliphatic carbocycles. The van der Waals surface area contributed by atoms with Gasteiger partial charge in [0.2, 0.25) is 0 Å². The lowest BCUT2D eigenvalue weighted by atomic mass is 9.33. The number of hydrogen-bond donors (Lipinski definition) is 3. The zero-order valence-electron chi connectivity index (χ0n) is 60.2. The number of ether oxygens (including phenoxy) is 3. The molecule has 0 saturated heterocycles. The Balaban J connectivity index is 0.000000189. The second-order valence-corrected chi connectivity index (χ2v) is 34.9. The van der Waals surface area contributed by atoms with E-state index >= 15 is 0 Å². The SMILES string of the molecule is C.COC(=O)[C@@]1(C)CC[C@]2(C)CC[C@]3(C)C(=CC(=O)[C@@H]4[C@@]5(C)CCC(N)C(C)(C)[C@@H]5CC[C@]43C)C2C1.COC(=O)[C@@]1(C)CC[C@]2(C)CC[C@]3(C)C(=CC(=O)[C@@H]4[C@@]5(C)CCC(NC(=O)c6ccccc6C(=O)O)C(C)(C)[C@@H]5CC[C@]43C)C2C1.O=C1OC(=O)c2ccccc21.[2H]CF. The van der Waals surface area contributed by atoms with Crippen LogP contribution in [0.15, 0.2) is 71.8 Å². The van der Waals surface area contributed by atoms with Gasteiger partial charge >= 0.3 is 29.8 Å². The topological polar surface area (TPSA) is 223 Å². The van der Waals surface area contributed by atoms with Crippen molar-refractivity contribution in [3.8, 4) is 0 Å². The average molecular weight is 1310 g/mol. The van der Waals surface area contributed by atoms with E-state index in [1.54, 1.807) is 42.5 Å². The minimum atomic E-state index is -1.12. The number of alkyl halides is 1. The van der Waals surface area contributed by atoms with Crippen LogP contribution in [0.4, 0.5) is 4.39 Å². The van der Waals surface area contributed by atoms with Crippen LogP contribution in [-0.4, -0.2) is 85.9 Å². The molecular formula is C80H113FN2O12. The number of halogens is 1. The third kappa shape index (κ3) is 11.0. The van der Waals surface area contributed by atoms with Crippen LogP contribution >= 0.6 is 0 Å². The summed E-state index contributed by atoms with van der Waals surface area (Å²) in [6, 6.07) is 13.0. The summed E-state index contributed by atoms with van der Waals surface area (Å²) in [6.07, 6.45) is 21.6. The summed E-state index contributed by atoms with van der Waals surface area (Å²) >= 11 is 0. The average Bonchev–Trinajstić information content (AvgIpc) is 0.719. The molecule has 8 saturated carbocycles. The quantitative estimate of drug-likeness (QED) is 0.144. The third-order valence-corrected chi connectivity index (χ3v) is 29.9. The number of carboxylic acid groups (broad SMARTS) is 1. The first-order chi connectivity index (χ1) is 44.2. The zero-order valence-corrected chi connectivity index (χ0v) is 59.2. The number of allylic oxidation sites excluding steroid dienone is 4. The van der Waals surface area contributed by atoms with E-state index in [4.69, 9.17) is 16.6 Å². The monoisotopic (exact) mass is 1310 g/mol. The Morgan fingerprint density at radius 2 is 0.947 bits per heavy atom. The number of nitrogens with two attached hydrogens (primary N) is 1. The second kappa shape index (κ2) is 24.9. The lowest BCUT2D eigenvalue weighted by Crippen LogP contribution is -2.67. The summed E-state index contributed by atoms with van der Waals surface area (Å²) in [4.78, 5) is 102. The van der Waals surface area contributed by atoms with Crippen molar-refractivity contribution >= 4 is 47.3 Å². The molecule has 15 heteroatoms. The number of benzene rings is 2. The minimum absolute atomic E-state index is 0. The number of hydrogen-bond acceptors (Lipinski definition) is 12. The van der Waals surface area contributed by atoms with E-state index in [0.717, 1.165) is 109 Å². The van der Waals surface area contributed by atoms with Gasteiger partial charge in [-0.05, 0) is 244 Å². The van der Waals surface area contributed by atoms with Gasteiger partial charge in [-0.25, -0.2) is 14.4 Å². The summed E-state index contributed by atoms with van der Waals surface area (Å²) < 4.78 is 30.4. The molecule has 13 rings (SSSR count). The smallest absolute Gasteiger partial charge is 0.346 e. The van der Waals surface area contributed by atoms with Gasteiger partial charge in [-0.3, -0.25) is 28.4 Å². The van der Waals surface area contributed by atoms with E-state index in [9.17, 15) is 47.9 Å². The summed E-state index contributed by atoms with van der Waals surface area (Å²) in [5.41, 5.74) is 8.48. The van der Waals surface area contributed by atoms with Crippen LogP contribution in [0.3, 0.4) is 0 Å². The molecule has 8 fully saturated rings. The number of amides is 1. The number of carboxylic acids is 1. The van der Waals surface area contributed by atoms with Crippen molar-refractivity contribution in [3.63, 3.8) is 0 Å². The van der Waals surface area contributed by atoms with Crippen molar-refractivity contribution < 1.29 is 63.4 Å². The molecule has 2 aromatic carbocycles. The van der Waals surface area contributed by atoms with Crippen molar-refractivity contribution in [2.75, 3.05) is 21.4 Å². The molecule has 95 heavy (non-hydrogen) atoms. The summed E-state index contributed by atoms with van der Waals surface area (Å²) in [5, 5.41) is 12.9. The first kappa shape index (κ1) is 71.9. The van der Waals surface area contributed by atoms with Gasteiger partial charge in [0, 0.05) is 23.9 Å². The first-order valence-corrected chi connectivity index (χ1v) is 35.0. The fourth-order valence-electron chi connectivity index (χ4n) is 23.7. The maximum absolute atomic E-state index is 14.7. The lowest BCUT2D eigenvalue weighted by Gasteiger charge is -2.70. The number of ketones is 2. The van der Waals surface area contributed by atoms with Gasteiger partial charge in [-0.15, -0.1) is 0 Å². The Morgan fingerprint density at radius 3 is 1.37 bits per heavy atom. The van der Waals surface area contributed by atoms with Crippen LogP contribution in [0.5, 0.6) is 0 Å². The predicted octanol–water partition coefficient (Wildman–Crippen LogP) is 16.3. The fourth-order valence-corrected chi connectivity index (χ4v) is 23.7. The maximum atomic E-state index is 14.7. The molecule has 4 N–H and O–H groups in total. The molecule has 18 atom stereocenters. The molecule has 522 valence electrons. The second-order valence-electron chi connectivity index (χ2n) is 34.9. The van der Waals surface area contributed by atoms with Gasteiger partial charge in [-0.1, -0.05) is 126 Å². The molecule has 0 aromatic heterocycles. The summed E-state index contributed by atoms with van der Waals surface area (Å²) in [7, 11) is 2.00. The van der Waals surface area contributed by atoms with Crippen molar-refractivity contribution in [1.29, 1.82) is 0 Å². The molecule has 4 unspecified atom stereocenters. The summed E-state index contributed by atoms with van der Waals surface area (Å²) in [5.74, 6) is -1.16. The van der Waals surface area contributed by atoms with Crippen molar-refractivity contribution in [1.82, 2.24) is 5.32 Å². The molecule has 1 amide bonds. The number of rotatable bonds is 5. The first-order valence-electron chi connectivity index (χ1n) is 35.7. The van der Waals surface area contributed by atoms with Gasteiger partial charge in [0.15, 0.2) is 11.6 Å². The molecule has 1 aliphatic heterocycles. The number of cyclic esters (lactones) is 2. The molecule has 2 aromatic rings. The molecule has 1 heterocycles. The predicted molar refractivity (Wildman–Crippen MR) is 365 cm³/mol. The molecular weight excluding hydrogens is 1200 g/mol. The van der Waals surface area contributed by atoms with E-state index < -0.39 is 35.9 Å². The van der Waals surface area contributed by atoms with E-state index in [1.165, 1.54) is 37.9 Å². The van der Waals surface area contributed by atoms with E-state index in [-0.39, 0.29) is 138 Å². The van der Waals surface area contributed by atoms with Crippen LogP contribution in [0.25, 0.3) is 0 Å². The number of esters is 4. The van der Waals surface area contributed by atoms with Crippen LogP contribution < -0.4 is 11.1 Å². The van der Waals surface area contributed by atoms with E-state index in [2.05, 4.69) is 106 Å². The summed E-state index contributed by atoms with van der Waals surface area (Å²) in [6.45, 7) is 32.6. The fraction of sp³-hybridized carbons (Fsp3) is 0.700. The Bertz CT molecular complexity index is 3510. The van der Waals surface area contributed by atoms with Gasteiger partial charge in [0.25, 0.3) is 5.91 Å². The van der Waals surface area contributed by atoms with Crippen LogP contribution in [0, 0.1) is 100 Å². The van der Waals surface area contributed by atoms with Gasteiger partial charge < -0.3 is 30.4 Å². The van der Waals surface area contributed by atoms with Gasteiger partial charge in [-0.2, -0.15) is 0 Å². The van der Waals surface area contributed by atoms with Crippen LogP contribution in [0.2, 0.25) is 0 Å². The van der Waals surface area contributed by atoms with E-state index in [1.807, 2.05) is 13.0 Å².